The van der Waals surface area contributed by atoms with Crippen molar-refractivity contribution >= 4 is 65.4 Å². The summed E-state index contributed by atoms with van der Waals surface area (Å²) in [5, 5.41) is 7.70. The third-order valence-electron chi connectivity index (χ3n) is 13.1. The standard InChI is InChI=1S/C57H57N3/c1-35(2)36-17-23-49-43(29-36)44-30-37(55(3,4)5)18-24-50(44)59(49)41-21-27-53-47(33-41)48-34-42(22-28-54(48)58(53)40-15-13-12-14-16-40)60-51-25-19-38(56(6,7)8)31-45(51)46-32-39(57(9,10)11)20-26-52(46)60/h12-35H,1-11H3. The number of fused-ring (bicyclic) bond motifs is 9. The predicted octanol–water partition coefficient (Wildman–Crippen LogP) is 16.0. The van der Waals surface area contributed by atoms with Crippen molar-refractivity contribution in [2.75, 3.05) is 0 Å². The summed E-state index contributed by atoms with van der Waals surface area (Å²) in [4.78, 5) is 0. The van der Waals surface area contributed by atoms with E-state index in [-0.39, 0.29) is 16.2 Å². The summed E-state index contributed by atoms with van der Waals surface area (Å²) in [7, 11) is 0. The second-order valence-corrected chi connectivity index (χ2v) is 20.6. The molecule has 3 nitrogen and oxygen atoms in total. The molecular weight excluding hydrogens is 727 g/mol. The number of para-hydroxylation sites is 1. The third kappa shape index (κ3) is 5.99. The van der Waals surface area contributed by atoms with Crippen molar-refractivity contribution in [3.05, 3.63) is 162 Å². The quantitative estimate of drug-likeness (QED) is 0.169. The molecule has 0 spiro atoms. The van der Waals surface area contributed by atoms with Crippen LogP contribution in [0.3, 0.4) is 0 Å². The lowest BCUT2D eigenvalue weighted by atomic mass is 9.85. The molecule has 10 aromatic rings. The van der Waals surface area contributed by atoms with Crippen molar-refractivity contribution in [3.63, 3.8) is 0 Å². The minimum atomic E-state index is 0.0437. The molecule has 0 bridgehead atoms. The Balaban J connectivity index is 1.26. The first-order valence-electron chi connectivity index (χ1n) is 21.8. The maximum atomic E-state index is 2.49. The molecule has 3 heterocycles. The van der Waals surface area contributed by atoms with Gasteiger partial charge in [-0.2, -0.15) is 0 Å². The summed E-state index contributed by atoms with van der Waals surface area (Å²) in [6.07, 6.45) is 0. The Morgan fingerprint density at radius 2 is 0.633 bits per heavy atom. The average Bonchev–Trinajstić information content (AvgIpc) is 3.84. The Labute approximate surface area is 354 Å². The van der Waals surface area contributed by atoms with Gasteiger partial charge in [0, 0.05) is 49.4 Å². The van der Waals surface area contributed by atoms with Gasteiger partial charge in [-0.15, -0.1) is 0 Å². The van der Waals surface area contributed by atoms with E-state index in [1.165, 1.54) is 99.0 Å². The highest BCUT2D eigenvalue weighted by atomic mass is 15.0. The van der Waals surface area contributed by atoms with Crippen molar-refractivity contribution in [1.29, 1.82) is 0 Å². The first-order chi connectivity index (χ1) is 28.5. The van der Waals surface area contributed by atoms with E-state index >= 15 is 0 Å². The number of nitrogens with zero attached hydrogens (tertiary/aromatic N) is 3. The molecule has 0 unspecified atom stereocenters. The van der Waals surface area contributed by atoms with Crippen LogP contribution < -0.4 is 0 Å². The molecule has 0 N–H and O–H groups in total. The zero-order valence-electron chi connectivity index (χ0n) is 37.2. The van der Waals surface area contributed by atoms with Crippen LogP contribution in [0.5, 0.6) is 0 Å². The van der Waals surface area contributed by atoms with Crippen LogP contribution in [0.15, 0.2) is 140 Å². The lowest BCUT2D eigenvalue weighted by molar-refractivity contribution is 0.590. The zero-order valence-corrected chi connectivity index (χ0v) is 37.2. The van der Waals surface area contributed by atoms with Gasteiger partial charge in [0.15, 0.2) is 0 Å². The maximum Gasteiger partial charge on any atom is 0.0542 e. The summed E-state index contributed by atoms with van der Waals surface area (Å²) < 4.78 is 7.42. The minimum Gasteiger partial charge on any atom is -0.309 e. The molecule has 0 aliphatic rings. The normalized spacial score (nSPS) is 13.1. The van der Waals surface area contributed by atoms with Gasteiger partial charge in [0.2, 0.25) is 0 Å². The fraction of sp³-hybridized carbons (Fsp3) is 0.263. The number of hydrogen-bond acceptors (Lipinski definition) is 0. The molecular formula is C57H57N3. The fourth-order valence-electron chi connectivity index (χ4n) is 9.51. The smallest absolute Gasteiger partial charge is 0.0542 e. The largest absolute Gasteiger partial charge is 0.309 e. The Hall–Kier alpha value is -6.06. The summed E-state index contributed by atoms with van der Waals surface area (Å²) >= 11 is 0. The Bertz CT molecular complexity index is 3250. The molecule has 0 aliphatic heterocycles. The number of aromatic nitrogens is 3. The second kappa shape index (κ2) is 13.2. The lowest BCUT2D eigenvalue weighted by Crippen LogP contribution is -2.10. The van der Waals surface area contributed by atoms with Crippen molar-refractivity contribution in [1.82, 2.24) is 13.7 Å². The zero-order chi connectivity index (χ0) is 42.0. The fourth-order valence-corrected chi connectivity index (χ4v) is 9.51. The van der Waals surface area contributed by atoms with Gasteiger partial charge in [0.1, 0.15) is 0 Å². The molecule has 300 valence electrons. The van der Waals surface area contributed by atoms with Crippen molar-refractivity contribution in [3.8, 4) is 17.1 Å². The molecule has 3 aromatic heterocycles. The monoisotopic (exact) mass is 783 g/mol. The summed E-state index contributed by atoms with van der Waals surface area (Å²) in [6.45, 7) is 25.4. The van der Waals surface area contributed by atoms with Crippen LogP contribution in [0.25, 0.3) is 82.5 Å². The highest BCUT2D eigenvalue weighted by Gasteiger charge is 2.23. The van der Waals surface area contributed by atoms with Gasteiger partial charge in [-0.3, -0.25) is 0 Å². The highest BCUT2D eigenvalue weighted by molar-refractivity contribution is 6.14. The highest BCUT2D eigenvalue weighted by Crippen LogP contribution is 2.42. The first kappa shape index (κ1) is 38.2. The van der Waals surface area contributed by atoms with Crippen LogP contribution in [0.4, 0.5) is 0 Å². The first-order valence-corrected chi connectivity index (χ1v) is 21.8. The lowest BCUT2D eigenvalue weighted by Gasteiger charge is -2.19. The van der Waals surface area contributed by atoms with Gasteiger partial charge in [-0.05, 0) is 141 Å². The van der Waals surface area contributed by atoms with E-state index in [2.05, 4.69) is 229 Å². The van der Waals surface area contributed by atoms with Crippen LogP contribution >= 0.6 is 0 Å². The molecule has 3 heteroatoms. The Morgan fingerprint density at radius 1 is 0.317 bits per heavy atom. The van der Waals surface area contributed by atoms with Crippen LogP contribution in [0.2, 0.25) is 0 Å². The summed E-state index contributed by atoms with van der Waals surface area (Å²) in [5.41, 5.74) is 16.4. The molecule has 0 atom stereocenters. The Kier molecular flexibility index (Phi) is 8.41. The molecule has 0 aliphatic carbocycles. The number of benzene rings is 7. The van der Waals surface area contributed by atoms with Gasteiger partial charge < -0.3 is 13.7 Å². The van der Waals surface area contributed by atoms with E-state index in [1.807, 2.05) is 0 Å². The minimum absolute atomic E-state index is 0.0437. The SMILES string of the molecule is CC(C)c1ccc2c(c1)c1cc(C(C)(C)C)ccc1n2-c1ccc2c(c1)c1cc(-n3c4ccc(C(C)(C)C)cc4c4cc(C(C)(C)C)ccc43)ccc1n2-c1ccccc1. The van der Waals surface area contributed by atoms with E-state index in [0.29, 0.717) is 5.92 Å². The summed E-state index contributed by atoms with van der Waals surface area (Å²) in [6, 6.07) is 53.4. The van der Waals surface area contributed by atoms with Gasteiger partial charge in [-0.1, -0.05) is 119 Å². The van der Waals surface area contributed by atoms with Crippen LogP contribution in [0.1, 0.15) is 104 Å². The molecule has 7 aromatic carbocycles. The van der Waals surface area contributed by atoms with E-state index < -0.39 is 0 Å². The predicted molar refractivity (Wildman–Crippen MR) is 260 cm³/mol. The molecule has 0 fully saturated rings. The van der Waals surface area contributed by atoms with Crippen molar-refractivity contribution in [2.24, 2.45) is 0 Å². The summed E-state index contributed by atoms with van der Waals surface area (Å²) in [5.74, 6) is 0.448. The van der Waals surface area contributed by atoms with E-state index in [4.69, 9.17) is 0 Å². The molecule has 0 amide bonds. The van der Waals surface area contributed by atoms with Gasteiger partial charge >= 0.3 is 0 Å². The molecule has 0 radical (unpaired) electrons. The topological polar surface area (TPSA) is 14.8 Å². The van der Waals surface area contributed by atoms with Gasteiger partial charge in [0.25, 0.3) is 0 Å². The second-order valence-electron chi connectivity index (χ2n) is 20.6. The van der Waals surface area contributed by atoms with Gasteiger partial charge in [-0.25, -0.2) is 0 Å². The van der Waals surface area contributed by atoms with Crippen LogP contribution in [0, 0.1) is 0 Å². The van der Waals surface area contributed by atoms with Crippen LogP contribution in [-0.4, -0.2) is 13.7 Å². The average molecular weight is 784 g/mol. The van der Waals surface area contributed by atoms with E-state index in [9.17, 15) is 0 Å². The molecule has 10 rings (SSSR count). The molecule has 60 heavy (non-hydrogen) atoms. The third-order valence-corrected chi connectivity index (χ3v) is 13.1. The molecule has 0 saturated heterocycles. The van der Waals surface area contributed by atoms with E-state index in [0.717, 1.165) is 5.69 Å². The van der Waals surface area contributed by atoms with Gasteiger partial charge in [0.05, 0.1) is 33.1 Å². The molecule has 0 saturated carbocycles. The van der Waals surface area contributed by atoms with Crippen molar-refractivity contribution < 1.29 is 0 Å². The van der Waals surface area contributed by atoms with Crippen LogP contribution in [-0.2, 0) is 16.2 Å². The maximum absolute atomic E-state index is 2.49. The Morgan fingerprint density at radius 3 is 1.00 bits per heavy atom. The van der Waals surface area contributed by atoms with E-state index in [1.54, 1.807) is 0 Å². The van der Waals surface area contributed by atoms with Crippen molar-refractivity contribution in [2.45, 2.75) is 98.3 Å². The number of rotatable bonds is 4. The number of hydrogen-bond donors (Lipinski definition) is 0.